The summed E-state index contributed by atoms with van der Waals surface area (Å²) in [4.78, 5) is 38.5. The molecule has 8 nitrogen and oxygen atoms in total. The van der Waals surface area contributed by atoms with Gasteiger partial charge < -0.3 is 15.0 Å². The number of nitrogens with zero attached hydrogens (tertiary/aromatic N) is 1. The van der Waals surface area contributed by atoms with Gasteiger partial charge >= 0.3 is 5.97 Å². The van der Waals surface area contributed by atoms with Gasteiger partial charge in [-0.3, -0.25) is 9.59 Å². The van der Waals surface area contributed by atoms with Crippen LogP contribution in [0, 0.1) is 0 Å². The van der Waals surface area contributed by atoms with Gasteiger partial charge in [-0.05, 0) is 31.2 Å². The summed E-state index contributed by atoms with van der Waals surface area (Å²) in [5, 5.41) is 2.75. The molecule has 2 aromatic rings. The van der Waals surface area contributed by atoms with E-state index in [0.717, 1.165) is 6.26 Å². The highest BCUT2D eigenvalue weighted by molar-refractivity contribution is 7.90. The fraction of sp³-hybridized carbons (Fsp3) is 0.250. The minimum atomic E-state index is -3.64. The molecule has 1 aliphatic heterocycles. The third-order valence-electron chi connectivity index (χ3n) is 4.46. The number of para-hydroxylation sites is 2. The second-order valence-corrected chi connectivity index (χ2v) is 8.71. The number of sulfone groups is 1. The van der Waals surface area contributed by atoms with E-state index in [0.29, 0.717) is 11.4 Å². The molecular formula is C20H20N2O6S. The Morgan fingerprint density at radius 3 is 2.52 bits per heavy atom. The first-order valence-corrected chi connectivity index (χ1v) is 10.7. The number of carbonyl (C=O) groups is 3. The molecule has 0 unspecified atom stereocenters. The number of hydrogen-bond acceptors (Lipinski definition) is 6. The lowest BCUT2D eigenvalue weighted by atomic mass is 10.1. The van der Waals surface area contributed by atoms with Gasteiger partial charge in [0.2, 0.25) is 5.91 Å². The third-order valence-corrected chi connectivity index (χ3v) is 5.62. The number of amides is 2. The summed E-state index contributed by atoms with van der Waals surface area (Å²) in [7, 11) is -3.64. The van der Waals surface area contributed by atoms with E-state index in [4.69, 9.17) is 4.74 Å². The zero-order valence-electron chi connectivity index (χ0n) is 15.9. The van der Waals surface area contributed by atoms with Crippen LogP contribution >= 0.6 is 0 Å². The zero-order chi connectivity index (χ0) is 21.2. The molecule has 1 atom stereocenters. The molecule has 1 N–H and O–H groups in total. The number of anilines is 2. The normalized spacial score (nSPS) is 16.4. The van der Waals surface area contributed by atoms with Gasteiger partial charge in [-0.2, -0.15) is 0 Å². The largest absolute Gasteiger partial charge is 0.452 e. The van der Waals surface area contributed by atoms with Crippen molar-refractivity contribution in [3.8, 4) is 0 Å². The van der Waals surface area contributed by atoms with E-state index in [1.807, 2.05) is 0 Å². The minimum absolute atomic E-state index is 0.0886. The number of fused-ring (bicyclic) bond motifs is 1. The molecule has 0 saturated carbocycles. The molecule has 3 rings (SSSR count). The summed E-state index contributed by atoms with van der Waals surface area (Å²) in [6.45, 7) is 1.13. The van der Waals surface area contributed by atoms with Crippen LogP contribution in [-0.4, -0.2) is 45.1 Å². The first kappa shape index (κ1) is 20.5. The Balaban J connectivity index is 1.81. The second kappa shape index (κ2) is 8.04. The van der Waals surface area contributed by atoms with Crippen molar-refractivity contribution in [2.75, 3.05) is 23.1 Å². The van der Waals surface area contributed by atoms with Crippen LogP contribution in [0.15, 0.2) is 53.4 Å². The first-order chi connectivity index (χ1) is 13.7. The average Bonchev–Trinajstić information content (AvgIpc) is 2.79. The third kappa shape index (κ3) is 4.45. The molecule has 0 radical (unpaired) electrons. The lowest BCUT2D eigenvalue weighted by Gasteiger charge is -2.27. The Bertz CT molecular complexity index is 1080. The Hall–Kier alpha value is -3.20. The van der Waals surface area contributed by atoms with Crippen molar-refractivity contribution in [3.05, 3.63) is 54.1 Å². The number of rotatable bonds is 4. The van der Waals surface area contributed by atoms with Gasteiger partial charge in [-0.1, -0.05) is 24.3 Å². The second-order valence-electron chi connectivity index (χ2n) is 6.73. The van der Waals surface area contributed by atoms with Crippen molar-refractivity contribution in [1.29, 1.82) is 0 Å². The van der Waals surface area contributed by atoms with E-state index < -0.39 is 34.4 Å². The molecule has 152 valence electrons. The molecule has 2 amide bonds. The molecule has 0 saturated heterocycles. The molecule has 2 aromatic carbocycles. The van der Waals surface area contributed by atoms with Crippen molar-refractivity contribution in [1.82, 2.24) is 0 Å². The quantitative estimate of drug-likeness (QED) is 0.764. The predicted octanol–water partition coefficient (Wildman–Crippen LogP) is 2.01. The maximum atomic E-state index is 12.8. The number of nitrogens with one attached hydrogen (secondary N) is 1. The fourth-order valence-electron chi connectivity index (χ4n) is 3.20. The summed E-state index contributed by atoms with van der Waals surface area (Å²) < 4.78 is 28.9. The number of benzene rings is 2. The van der Waals surface area contributed by atoms with Gasteiger partial charge in [-0.25, -0.2) is 13.2 Å². The van der Waals surface area contributed by atoms with E-state index in [-0.39, 0.29) is 22.8 Å². The molecule has 0 aliphatic carbocycles. The molecule has 0 fully saturated rings. The van der Waals surface area contributed by atoms with Gasteiger partial charge in [0.1, 0.15) is 0 Å². The average molecular weight is 416 g/mol. The van der Waals surface area contributed by atoms with Crippen molar-refractivity contribution in [2.24, 2.45) is 0 Å². The number of hydrogen-bond donors (Lipinski definition) is 1. The summed E-state index contributed by atoms with van der Waals surface area (Å²) in [5.41, 5.74) is 0.858. The monoisotopic (exact) mass is 416 g/mol. The predicted molar refractivity (Wildman–Crippen MR) is 106 cm³/mol. The first-order valence-electron chi connectivity index (χ1n) is 8.85. The van der Waals surface area contributed by atoms with Gasteiger partial charge in [0, 0.05) is 18.7 Å². The molecule has 1 aliphatic rings. The molecule has 1 heterocycles. The highest BCUT2D eigenvalue weighted by Gasteiger charge is 2.30. The summed E-state index contributed by atoms with van der Waals surface area (Å²) >= 11 is 0. The topological polar surface area (TPSA) is 110 Å². The number of esters is 1. The smallest absolute Gasteiger partial charge is 0.339 e. The summed E-state index contributed by atoms with van der Waals surface area (Å²) in [5.74, 6) is -1.66. The highest BCUT2D eigenvalue weighted by Crippen LogP contribution is 2.31. The molecule has 29 heavy (non-hydrogen) atoms. The van der Waals surface area contributed by atoms with Crippen molar-refractivity contribution in [2.45, 2.75) is 24.3 Å². The number of carbonyl (C=O) groups excluding carboxylic acids is 3. The molecule has 0 spiro atoms. The fourth-order valence-corrected chi connectivity index (χ4v) is 4.08. The van der Waals surface area contributed by atoms with Gasteiger partial charge in [-0.15, -0.1) is 0 Å². The lowest BCUT2D eigenvalue weighted by Crippen LogP contribution is -2.41. The van der Waals surface area contributed by atoms with E-state index >= 15 is 0 Å². The van der Waals surface area contributed by atoms with E-state index in [1.54, 1.807) is 31.2 Å². The van der Waals surface area contributed by atoms with Crippen LogP contribution in [0.1, 0.15) is 23.7 Å². The van der Waals surface area contributed by atoms with E-state index in [2.05, 4.69) is 5.32 Å². The maximum Gasteiger partial charge on any atom is 0.339 e. The Kier molecular flexibility index (Phi) is 5.69. The van der Waals surface area contributed by atoms with Gasteiger partial charge in [0.15, 0.2) is 16.4 Å². The highest BCUT2D eigenvalue weighted by atomic mass is 32.2. The molecule has 0 bridgehead atoms. The van der Waals surface area contributed by atoms with Crippen LogP contribution in [0.2, 0.25) is 0 Å². The van der Waals surface area contributed by atoms with Crippen LogP contribution < -0.4 is 10.2 Å². The van der Waals surface area contributed by atoms with Crippen molar-refractivity contribution >= 4 is 39.0 Å². The molecule has 0 aromatic heterocycles. The van der Waals surface area contributed by atoms with Gasteiger partial charge in [0.05, 0.1) is 21.8 Å². The minimum Gasteiger partial charge on any atom is -0.452 e. The van der Waals surface area contributed by atoms with E-state index in [1.165, 1.54) is 29.2 Å². The Labute approximate surface area is 168 Å². The van der Waals surface area contributed by atoms with Crippen LogP contribution in [0.4, 0.5) is 11.4 Å². The summed E-state index contributed by atoms with van der Waals surface area (Å²) in [6, 6.07) is 12.0. The van der Waals surface area contributed by atoms with Gasteiger partial charge in [0.25, 0.3) is 5.91 Å². The molecular weight excluding hydrogens is 396 g/mol. The van der Waals surface area contributed by atoms with Crippen LogP contribution in [0.3, 0.4) is 0 Å². The van der Waals surface area contributed by atoms with Crippen LogP contribution in [0.5, 0.6) is 0 Å². The Morgan fingerprint density at radius 2 is 1.79 bits per heavy atom. The number of ether oxygens (including phenoxy) is 1. The van der Waals surface area contributed by atoms with Crippen molar-refractivity contribution < 1.29 is 27.5 Å². The molecule has 9 heteroatoms. The summed E-state index contributed by atoms with van der Waals surface area (Å²) in [6.07, 6.45) is 1.08. The maximum absolute atomic E-state index is 12.8. The Morgan fingerprint density at radius 1 is 1.14 bits per heavy atom. The lowest BCUT2D eigenvalue weighted by molar-refractivity contribution is -0.122. The SMILES string of the molecule is C[C@H]1CC(=O)Nc2ccccc2N1C(=O)COC(=O)c1ccccc1S(C)(=O)=O. The van der Waals surface area contributed by atoms with Crippen molar-refractivity contribution in [3.63, 3.8) is 0 Å². The van der Waals surface area contributed by atoms with Crippen LogP contribution in [0.25, 0.3) is 0 Å². The van der Waals surface area contributed by atoms with E-state index in [9.17, 15) is 22.8 Å². The standard InChI is InChI=1S/C20H20N2O6S/c1-13-11-18(23)21-15-8-4-5-9-16(15)22(13)19(24)12-28-20(25)14-7-3-6-10-17(14)29(2,26)27/h3-10,13H,11-12H2,1-2H3,(H,21,23)/t13-/m0/s1. The zero-order valence-corrected chi connectivity index (χ0v) is 16.7. The van der Waals surface area contributed by atoms with Crippen LogP contribution in [-0.2, 0) is 24.2 Å².